The molecule has 0 aromatic carbocycles. The van der Waals surface area contributed by atoms with Crippen LogP contribution in [0, 0.1) is 5.92 Å². The molecule has 0 fully saturated rings. The molecule has 94 valence electrons. The van der Waals surface area contributed by atoms with Gasteiger partial charge < -0.3 is 16.2 Å². The van der Waals surface area contributed by atoms with Crippen molar-refractivity contribution in [2.24, 2.45) is 11.7 Å². The molecule has 3 atom stereocenters. The van der Waals surface area contributed by atoms with E-state index in [2.05, 4.69) is 5.32 Å². The fraction of sp³-hybridized carbons (Fsp3) is 0.818. The number of aliphatic carboxylic acids is 1. The molecule has 2 unspecified atom stereocenters. The number of carboxylic acids is 1. The minimum absolute atomic E-state index is 0.0556. The second-order valence-corrected chi connectivity index (χ2v) is 4.25. The maximum Gasteiger partial charge on any atom is 0.303 e. The van der Waals surface area contributed by atoms with Crippen LogP contribution in [0.3, 0.4) is 0 Å². The third-order valence-electron chi connectivity index (χ3n) is 2.74. The van der Waals surface area contributed by atoms with Crippen LogP contribution in [-0.2, 0) is 9.59 Å². The van der Waals surface area contributed by atoms with Crippen molar-refractivity contribution in [3.05, 3.63) is 0 Å². The van der Waals surface area contributed by atoms with E-state index in [0.29, 0.717) is 6.42 Å². The number of carbonyl (C=O) groups is 2. The van der Waals surface area contributed by atoms with Crippen molar-refractivity contribution in [1.82, 2.24) is 5.32 Å². The number of amides is 1. The predicted molar refractivity (Wildman–Crippen MR) is 61.9 cm³/mol. The molecule has 5 heteroatoms. The third kappa shape index (κ3) is 5.70. The van der Waals surface area contributed by atoms with Gasteiger partial charge in [-0.05, 0) is 19.3 Å². The third-order valence-corrected chi connectivity index (χ3v) is 2.74. The van der Waals surface area contributed by atoms with Gasteiger partial charge in [0, 0.05) is 12.5 Å². The summed E-state index contributed by atoms with van der Waals surface area (Å²) in [6, 6.07) is -0.670. The van der Waals surface area contributed by atoms with Crippen molar-refractivity contribution in [3.8, 4) is 0 Å². The lowest BCUT2D eigenvalue weighted by molar-refractivity contribution is -0.137. The Morgan fingerprint density at radius 3 is 2.38 bits per heavy atom. The van der Waals surface area contributed by atoms with Gasteiger partial charge in [0.15, 0.2) is 0 Å². The Kier molecular flexibility index (Phi) is 6.72. The smallest absolute Gasteiger partial charge is 0.303 e. The highest BCUT2D eigenvalue weighted by Gasteiger charge is 2.20. The second-order valence-electron chi connectivity index (χ2n) is 4.25. The first kappa shape index (κ1) is 14.9. The molecule has 0 radical (unpaired) electrons. The molecule has 0 saturated heterocycles. The number of nitrogens with two attached hydrogens (primary N) is 1. The van der Waals surface area contributed by atoms with Gasteiger partial charge in [-0.1, -0.05) is 20.3 Å². The van der Waals surface area contributed by atoms with E-state index in [0.717, 1.165) is 6.42 Å². The van der Waals surface area contributed by atoms with Gasteiger partial charge in [-0.2, -0.15) is 0 Å². The minimum Gasteiger partial charge on any atom is -0.481 e. The van der Waals surface area contributed by atoms with Gasteiger partial charge in [0.1, 0.15) is 0 Å². The monoisotopic (exact) mass is 230 g/mol. The van der Waals surface area contributed by atoms with Crippen LogP contribution in [0.25, 0.3) is 0 Å². The summed E-state index contributed by atoms with van der Waals surface area (Å²) in [5.41, 5.74) is 5.75. The van der Waals surface area contributed by atoms with Gasteiger partial charge in [-0.3, -0.25) is 9.59 Å². The van der Waals surface area contributed by atoms with Crippen LogP contribution in [0.5, 0.6) is 0 Å². The number of hydrogen-bond acceptors (Lipinski definition) is 3. The van der Waals surface area contributed by atoms with E-state index in [1.54, 1.807) is 6.92 Å². The molecule has 0 aliphatic carbocycles. The lowest BCUT2D eigenvalue weighted by atomic mass is 9.99. The molecule has 0 spiro atoms. The molecule has 0 aliphatic rings. The normalized spacial score (nSPS) is 16.2. The van der Waals surface area contributed by atoms with Gasteiger partial charge in [0.2, 0.25) is 5.91 Å². The van der Waals surface area contributed by atoms with Crippen molar-refractivity contribution in [1.29, 1.82) is 0 Å². The number of nitrogens with one attached hydrogen (secondary N) is 1. The quantitative estimate of drug-likeness (QED) is 0.601. The van der Waals surface area contributed by atoms with E-state index in [9.17, 15) is 9.59 Å². The number of carbonyl (C=O) groups excluding carboxylic acids is 1. The van der Waals surface area contributed by atoms with E-state index in [4.69, 9.17) is 10.8 Å². The lowest BCUT2D eigenvalue weighted by Crippen LogP contribution is -2.47. The summed E-state index contributed by atoms with van der Waals surface area (Å²) in [5.74, 6) is -0.925. The molecule has 0 bridgehead atoms. The van der Waals surface area contributed by atoms with Crippen LogP contribution in [-0.4, -0.2) is 29.1 Å². The van der Waals surface area contributed by atoms with Gasteiger partial charge >= 0.3 is 5.97 Å². The Bertz CT molecular complexity index is 243. The zero-order chi connectivity index (χ0) is 12.7. The lowest BCUT2D eigenvalue weighted by Gasteiger charge is -2.20. The molecule has 0 aromatic heterocycles. The molecule has 16 heavy (non-hydrogen) atoms. The fourth-order valence-electron chi connectivity index (χ4n) is 1.26. The van der Waals surface area contributed by atoms with E-state index < -0.39 is 12.0 Å². The van der Waals surface area contributed by atoms with Gasteiger partial charge in [-0.15, -0.1) is 0 Å². The summed E-state index contributed by atoms with van der Waals surface area (Å²) >= 11 is 0. The first-order chi connectivity index (χ1) is 7.38. The van der Waals surface area contributed by atoms with E-state index >= 15 is 0 Å². The predicted octanol–water partition coefficient (Wildman–Crippen LogP) is 0.729. The number of carboxylic acid groups (broad SMARTS) is 1. The van der Waals surface area contributed by atoms with Crippen LogP contribution in [0.2, 0.25) is 0 Å². The highest BCUT2D eigenvalue weighted by atomic mass is 16.4. The Morgan fingerprint density at radius 1 is 1.38 bits per heavy atom. The first-order valence-electron chi connectivity index (χ1n) is 5.66. The maximum atomic E-state index is 11.6. The van der Waals surface area contributed by atoms with Crippen LogP contribution in [0.4, 0.5) is 0 Å². The second kappa shape index (κ2) is 7.22. The molecule has 1 amide bonds. The van der Waals surface area contributed by atoms with Gasteiger partial charge in [-0.25, -0.2) is 0 Å². The molecule has 0 saturated carbocycles. The van der Waals surface area contributed by atoms with Crippen molar-refractivity contribution in [2.45, 2.75) is 52.1 Å². The van der Waals surface area contributed by atoms with Crippen molar-refractivity contribution < 1.29 is 14.7 Å². The van der Waals surface area contributed by atoms with E-state index in [1.807, 2.05) is 13.8 Å². The summed E-state index contributed by atoms with van der Waals surface area (Å²) in [7, 11) is 0. The highest BCUT2D eigenvalue weighted by molar-refractivity contribution is 5.82. The van der Waals surface area contributed by atoms with Gasteiger partial charge in [0.05, 0.1) is 6.04 Å². The highest BCUT2D eigenvalue weighted by Crippen LogP contribution is 2.06. The minimum atomic E-state index is -0.854. The van der Waals surface area contributed by atoms with Crippen LogP contribution < -0.4 is 11.1 Å². The Morgan fingerprint density at radius 2 is 1.94 bits per heavy atom. The maximum absolute atomic E-state index is 11.6. The Labute approximate surface area is 96.4 Å². The van der Waals surface area contributed by atoms with Crippen molar-refractivity contribution in [3.63, 3.8) is 0 Å². The van der Waals surface area contributed by atoms with Crippen molar-refractivity contribution in [2.75, 3.05) is 0 Å². The zero-order valence-corrected chi connectivity index (χ0v) is 10.2. The molecule has 0 aromatic rings. The van der Waals surface area contributed by atoms with Crippen molar-refractivity contribution >= 4 is 11.9 Å². The van der Waals surface area contributed by atoms with Gasteiger partial charge in [0.25, 0.3) is 0 Å². The van der Waals surface area contributed by atoms with E-state index in [-0.39, 0.29) is 24.3 Å². The average molecular weight is 230 g/mol. The molecule has 0 heterocycles. The molecule has 0 aliphatic heterocycles. The van der Waals surface area contributed by atoms with E-state index in [1.165, 1.54) is 0 Å². The summed E-state index contributed by atoms with van der Waals surface area (Å²) in [6.07, 6.45) is 1.33. The number of hydrogen-bond donors (Lipinski definition) is 3. The van der Waals surface area contributed by atoms with Crippen LogP contribution in [0.15, 0.2) is 0 Å². The summed E-state index contributed by atoms with van der Waals surface area (Å²) in [6.45, 7) is 5.68. The first-order valence-corrected chi connectivity index (χ1v) is 5.66. The molecule has 5 nitrogen and oxygen atoms in total. The molecule has 4 N–H and O–H groups in total. The average Bonchev–Trinajstić information content (AvgIpc) is 2.24. The molecule has 0 rings (SSSR count). The number of rotatable bonds is 7. The standard InChI is InChI=1S/C11H22N2O3/c1-4-7(2)10(12)11(16)13-8(3)5-6-9(14)15/h7-8,10H,4-6,12H2,1-3H3,(H,13,16)(H,14,15)/t7?,8?,10-/m0/s1. The fourth-order valence-corrected chi connectivity index (χ4v) is 1.26. The summed E-state index contributed by atoms with van der Waals surface area (Å²) in [4.78, 5) is 22.0. The molecular weight excluding hydrogens is 208 g/mol. The summed E-state index contributed by atoms with van der Waals surface area (Å²) < 4.78 is 0. The topological polar surface area (TPSA) is 92.4 Å². The Balaban J connectivity index is 3.98. The van der Waals surface area contributed by atoms with Crippen LogP contribution in [0.1, 0.15) is 40.0 Å². The van der Waals surface area contributed by atoms with Crippen LogP contribution >= 0.6 is 0 Å². The Hall–Kier alpha value is -1.10. The SMILES string of the molecule is CCC(C)[C@H](N)C(=O)NC(C)CCC(=O)O. The zero-order valence-electron chi connectivity index (χ0n) is 10.2. The molecular formula is C11H22N2O3. The largest absolute Gasteiger partial charge is 0.481 e. The summed E-state index contributed by atoms with van der Waals surface area (Å²) in [5, 5.41) is 11.2.